The Balaban J connectivity index is 2.33. The minimum absolute atomic E-state index is 0.503. The first-order valence-electron chi connectivity index (χ1n) is 6.77. The van der Waals surface area contributed by atoms with Gasteiger partial charge in [-0.05, 0) is 41.8 Å². The molecule has 0 bridgehead atoms. The van der Waals surface area contributed by atoms with E-state index in [1.807, 2.05) is 0 Å². The molecule has 0 saturated carbocycles. The fraction of sp³-hybridized carbons (Fsp3) is 0.375. The van der Waals surface area contributed by atoms with E-state index in [-0.39, 0.29) is 0 Å². The molecule has 0 aliphatic carbocycles. The van der Waals surface area contributed by atoms with Gasteiger partial charge in [0.05, 0.1) is 10.2 Å². The quantitative estimate of drug-likeness (QED) is 0.719. The lowest BCUT2D eigenvalue weighted by molar-refractivity contribution is 0.833. The predicted molar refractivity (Wildman–Crippen MR) is 87.5 cm³/mol. The lowest BCUT2D eigenvalue weighted by atomic mass is 10.0. The lowest BCUT2D eigenvalue weighted by Crippen LogP contribution is -2.03. The van der Waals surface area contributed by atoms with Gasteiger partial charge in [-0.15, -0.1) is 0 Å². The van der Waals surface area contributed by atoms with Crippen molar-refractivity contribution in [1.82, 2.24) is 9.97 Å². The second-order valence-corrected chi connectivity index (χ2v) is 6.27. The number of rotatable bonds is 4. The van der Waals surface area contributed by atoms with Crippen LogP contribution in [-0.4, -0.2) is 9.97 Å². The Morgan fingerprint density at radius 2 is 1.75 bits per heavy atom. The van der Waals surface area contributed by atoms with Crippen LogP contribution in [0.25, 0.3) is 0 Å². The molecule has 0 atom stereocenters. The topological polar surface area (TPSA) is 25.8 Å². The van der Waals surface area contributed by atoms with Gasteiger partial charge in [-0.2, -0.15) is 0 Å². The van der Waals surface area contributed by atoms with Crippen LogP contribution in [0.1, 0.15) is 41.6 Å². The number of aryl methyl sites for hydroxylation is 3. The fourth-order valence-electron chi connectivity index (χ4n) is 2.35. The monoisotopic (exact) mass is 352 g/mol. The number of aromatic nitrogens is 2. The van der Waals surface area contributed by atoms with Crippen molar-refractivity contribution >= 4 is 27.5 Å². The third-order valence-corrected chi connectivity index (χ3v) is 4.39. The van der Waals surface area contributed by atoms with Gasteiger partial charge < -0.3 is 0 Å². The Kier molecular flexibility index (Phi) is 5.17. The summed E-state index contributed by atoms with van der Waals surface area (Å²) in [6.07, 6.45) is 2.66. The molecule has 0 N–H and O–H groups in total. The number of halogens is 2. The summed E-state index contributed by atoms with van der Waals surface area (Å²) in [6.45, 7) is 6.34. The highest BCUT2D eigenvalue weighted by Gasteiger charge is 2.11. The molecule has 0 unspecified atom stereocenters. The summed E-state index contributed by atoms with van der Waals surface area (Å²) < 4.78 is 0.824. The Labute approximate surface area is 133 Å². The van der Waals surface area contributed by atoms with Crippen LogP contribution in [0.2, 0.25) is 5.15 Å². The summed E-state index contributed by atoms with van der Waals surface area (Å²) in [5, 5.41) is 0.503. The van der Waals surface area contributed by atoms with Crippen molar-refractivity contribution in [2.24, 2.45) is 0 Å². The Morgan fingerprint density at radius 1 is 1.10 bits per heavy atom. The highest BCUT2D eigenvalue weighted by atomic mass is 79.9. The predicted octanol–water partition coefficient (Wildman–Crippen LogP) is 5.05. The maximum absolute atomic E-state index is 6.19. The number of hydrogen-bond acceptors (Lipinski definition) is 2. The maximum Gasteiger partial charge on any atom is 0.147 e. The van der Waals surface area contributed by atoms with Crippen molar-refractivity contribution in [1.29, 1.82) is 0 Å². The molecule has 0 fully saturated rings. The SMILES string of the molecule is CCCc1nc(Cc2cc(C)cc(C)c2)nc(Cl)c1Br. The van der Waals surface area contributed by atoms with E-state index in [9.17, 15) is 0 Å². The molecule has 1 heterocycles. The maximum atomic E-state index is 6.19. The molecule has 2 aromatic rings. The first kappa shape index (κ1) is 15.5. The number of nitrogens with zero attached hydrogens (tertiary/aromatic N) is 2. The molecule has 106 valence electrons. The molecule has 2 rings (SSSR count). The summed E-state index contributed by atoms with van der Waals surface area (Å²) in [4.78, 5) is 9.01. The van der Waals surface area contributed by atoms with Crippen LogP contribution < -0.4 is 0 Å². The number of benzene rings is 1. The second-order valence-electron chi connectivity index (χ2n) is 5.11. The highest BCUT2D eigenvalue weighted by molar-refractivity contribution is 9.10. The standard InChI is InChI=1S/C16H18BrClN2/c1-4-5-13-15(17)16(18)20-14(19-13)9-12-7-10(2)6-11(3)8-12/h6-8H,4-5,9H2,1-3H3. The highest BCUT2D eigenvalue weighted by Crippen LogP contribution is 2.25. The smallest absolute Gasteiger partial charge is 0.147 e. The van der Waals surface area contributed by atoms with Gasteiger partial charge in [-0.1, -0.05) is 54.3 Å². The van der Waals surface area contributed by atoms with E-state index in [1.54, 1.807) is 0 Å². The van der Waals surface area contributed by atoms with Crippen LogP contribution in [0.4, 0.5) is 0 Å². The average Bonchev–Trinajstić information content (AvgIpc) is 2.34. The Bertz CT molecular complexity index is 606. The van der Waals surface area contributed by atoms with Gasteiger partial charge in [0.25, 0.3) is 0 Å². The van der Waals surface area contributed by atoms with Gasteiger partial charge in [0, 0.05) is 6.42 Å². The molecule has 20 heavy (non-hydrogen) atoms. The van der Waals surface area contributed by atoms with E-state index in [0.717, 1.165) is 28.8 Å². The summed E-state index contributed by atoms with van der Waals surface area (Å²) >= 11 is 9.65. The molecule has 0 radical (unpaired) electrons. The zero-order valence-electron chi connectivity index (χ0n) is 12.0. The van der Waals surface area contributed by atoms with Crippen LogP contribution in [0.5, 0.6) is 0 Å². The van der Waals surface area contributed by atoms with Crippen molar-refractivity contribution < 1.29 is 0 Å². The van der Waals surface area contributed by atoms with E-state index >= 15 is 0 Å². The second kappa shape index (κ2) is 6.68. The van der Waals surface area contributed by atoms with Gasteiger partial charge in [0.1, 0.15) is 11.0 Å². The molecule has 1 aromatic heterocycles. The molecule has 0 spiro atoms. The van der Waals surface area contributed by atoms with E-state index in [1.165, 1.54) is 16.7 Å². The van der Waals surface area contributed by atoms with Gasteiger partial charge >= 0.3 is 0 Å². The van der Waals surface area contributed by atoms with Crippen LogP contribution >= 0.6 is 27.5 Å². The average molecular weight is 354 g/mol. The van der Waals surface area contributed by atoms with E-state index in [0.29, 0.717) is 11.6 Å². The normalized spacial score (nSPS) is 10.8. The molecule has 4 heteroatoms. The molecule has 1 aromatic carbocycles. The zero-order chi connectivity index (χ0) is 14.7. The molecular formula is C16H18BrClN2. The summed E-state index contributed by atoms with van der Waals surface area (Å²) in [5.41, 5.74) is 4.74. The third kappa shape index (κ3) is 3.80. The summed E-state index contributed by atoms with van der Waals surface area (Å²) in [6, 6.07) is 6.51. The molecule has 2 nitrogen and oxygen atoms in total. The molecule has 0 aliphatic rings. The van der Waals surface area contributed by atoms with Gasteiger partial charge in [-0.25, -0.2) is 9.97 Å². The van der Waals surface area contributed by atoms with Crippen molar-refractivity contribution in [3.05, 3.63) is 56.0 Å². The molecule has 0 saturated heterocycles. The molecule has 0 aliphatic heterocycles. The third-order valence-electron chi connectivity index (χ3n) is 3.06. The van der Waals surface area contributed by atoms with Gasteiger partial charge in [-0.3, -0.25) is 0 Å². The van der Waals surface area contributed by atoms with Crippen LogP contribution in [0.15, 0.2) is 22.7 Å². The van der Waals surface area contributed by atoms with Crippen molar-refractivity contribution in [2.45, 2.75) is 40.0 Å². The summed E-state index contributed by atoms with van der Waals surface area (Å²) in [7, 11) is 0. The first-order chi connectivity index (χ1) is 9.49. The van der Waals surface area contributed by atoms with E-state index < -0.39 is 0 Å². The minimum atomic E-state index is 0.503. The lowest BCUT2D eigenvalue weighted by Gasteiger charge is -2.08. The van der Waals surface area contributed by atoms with Gasteiger partial charge in [0.15, 0.2) is 0 Å². The largest absolute Gasteiger partial charge is 0.236 e. The molecule has 0 amide bonds. The number of hydrogen-bond donors (Lipinski definition) is 0. The van der Waals surface area contributed by atoms with E-state index in [4.69, 9.17) is 11.6 Å². The van der Waals surface area contributed by atoms with E-state index in [2.05, 4.69) is 64.9 Å². The van der Waals surface area contributed by atoms with Gasteiger partial charge in [0.2, 0.25) is 0 Å². The van der Waals surface area contributed by atoms with Crippen LogP contribution in [-0.2, 0) is 12.8 Å². The van der Waals surface area contributed by atoms with Crippen LogP contribution in [0.3, 0.4) is 0 Å². The van der Waals surface area contributed by atoms with Crippen LogP contribution in [0, 0.1) is 13.8 Å². The zero-order valence-corrected chi connectivity index (χ0v) is 14.3. The fourth-order valence-corrected chi connectivity index (χ4v) is 2.93. The first-order valence-corrected chi connectivity index (χ1v) is 7.94. The Hall–Kier alpha value is -0.930. The summed E-state index contributed by atoms with van der Waals surface area (Å²) in [5.74, 6) is 0.784. The van der Waals surface area contributed by atoms with Crippen molar-refractivity contribution in [3.63, 3.8) is 0 Å². The minimum Gasteiger partial charge on any atom is -0.236 e. The van der Waals surface area contributed by atoms with Crippen molar-refractivity contribution in [2.75, 3.05) is 0 Å². The molecular weight excluding hydrogens is 336 g/mol. The van der Waals surface area contributed by atoms with Crippen molar-refractivity contribution in [3.8, 4) is 0 Å². The Morgan fingerprint density at radius 3 is 2.35 bits per heavy atom.